The maximum absolute atomic E-state index is 5.87. The molecule has 2 aliphatic rings. The van der Waals surface area contributed by atoms with Gasteiger partial charge in [0.25, 0.3) is 0 Å². The first kappa shape index (κ1) is 13.4. The van der Waals surface area contributed by atoms with Gasteiger partial charge in [-0.15, -0.1) is 0 Å². The van der Waals surface area contributed by atoms with Crippen LogP contribution in [0.1, 0.15) is 58.3 Å². The molecule has 0 amide bonds. The molecule has 2 rings (SSSR count). The Morgan fingerprint density at radius 3 is 2.35 bits per heavy atom. The van der Waals surface area contributed by atoms with E-state index in [0.29, 0.717) is 12.1 Å². The van der Waals surface area contributed by atoms with Gasteiger partial charge in [-0.25, -0.2) is 0 Å². The first-order chi connectivity index (χ1) is 8.35. The summed E-state index contributed by atoms with van der Waals surface area (Å²) < 4.78 is 5.87. The highest BCUT2D eigenvalue weighted by Gasteiger charge is 2.34. The molecule has 0 aliphatic heterocycles. The molecule has 0 bridgehead atoms. The van der Waals surface area contributed by atoms with E-state index in [9.17, 15) is 0 Å². The lowest BCUT2D eigenvalue weighted by Crippen LogP contribution is -2.45. The number of ether oxygens (including phenoxy) is 1. The number of nitrogens with one attached hydrogen (secondary N) is 1. The minimum Gasteiger partial charge on any atom is -0.380 e. The molecule has 2 unspecified atom stereocenters. The third kappa shape index (κ3) is 3.96. The van der Waals surface area contributed by atoms with E-state index in [1.807, 2.05) is 7.11 Å². The van der Waals surface area contributed by atoms with Gasteiger partial charge in [0.15, 0.2) is 0 Å². The van der Waals surface area contributed by atoms with Crippen LogP contribution in [0, 0.1) is 11.8 Å². The first-order valence-corrected chi connectivity index (χ1v) is 7.61. The lowest BCUT2D eigenvalue weighted by molar-refractivity contribution is 0.00514. The van der Waals surface area contributed by atoms with Gasteiger partial charge in [-0.05, 0) is 37.6 Å². The van der Waals surface area contributed by atoms with E-state index in [4.69, 9.17) is 4.74 Å². The summed E-state index contributed by atoms with van der Waals surface area (Å²) in [7, 11) is 1.91. The van der Waals surface area contributed by atoms with Gasteiger partial charge in [0, 0.05) is 13.2 Å². The number of likely N-dealkylation sites (N-methyl/N-ethyl adjacent to an activating group) is 1. The van der Waals surface area contributed by atoms with Crippen molar-refractivity contribution in [2.45, 2.75) is 70.4 Å². The van der Waals surface area contributed by atoms with Crippen LogP contribution in [-0.2, 0) is 4.74 Å². The van der Waals surface area contributed by atoms with Crippen LogP contribution >= 0.6 is 0 Å². The van der Waals surface area contributed by atoms with Crippen LogP contribution in [0.15, 0.2) is 0 Å². The van der Waals surface area contributed by atoms with E-state index in [-0.39, 0.29) is 0 Å². The third-order valence-corrected chi connectivity index (χ3v) is 4.53. The molecule has 2 saturated carbocycles. The van der Waals surface area contributed by atoms with Gasteiger partial charge in [0.1, 0.15) is 0 Å². The van der Waals surface area contributed by atoms with E-state index in [1.165, 1.54) is 51.4 Å². The second-order valence-corrected chi connectivity index (χ2v) is 5.94. The zero-order valence-electron chi connectivity index (χ0n) is 11.6. The summed E-state index contributed by atoms with van der Waals surface area (Å²) in [5.41, 5.74) is 0. The quantitative estimate of drug-likeness (QED) is 0.735. The SMILES string of the molecule is CCNC(CC1CC1)C(OC)C1CCCCC1. The molecule has 100 valence electrons. The smallest absolute Gasteiger partial charge is 0.0752 e. The minimum atomic E-state index is 0.454. The average molecular weight is 239 g/mol. The zero-order valence-corrected chi connectivity index (χ0v) is 11.6. The van der Waals surface area contributed by atoms with Crippen LogP contribution < -0.4 is 5.32 Å². The van der Waals surface area contributed by atoms with Crippen molar-refractivity contribution in [3.8, 4) is 0 Å². The molecule has 0 aromatic heterocycles. The number of methoxy groups -OCH3 is 1. The summed E-state index contributed by atoms with van der Waals surface area (Å²) in [5.74, 6) is 1.79. The lowest BCUT2D eigenvalue weighted by atomic mass is 9.81. The van der Waals surface area contributed by atoms with E-state index in [1.54, 1.807) is 0 Å². The largest absolute Gasteiger partial charge is 0.380 e. The lowest BCUT2D eigenvalue weighted by Gasteiger charge is -2.35. The molecule has 2 fully saturated rings. The van der Waals surface area contributed by atoms with Crippen molar-refractivity contribution in [3.63, 3.8) is 0 Å². The molecule has 0 spiro atoms. The topological polar surface area (TPSA) is 21.3 Å². The second-order valence-electron chi connectivity index (χ2n) is 5.94. The van der Waals surface area contributed by atoms with E-state index in [0.717, 1.165) is 18.4 Å². The summed E-state index contributed by atoms with van der Waals surface area (Å²) in [5, 5.41) is 3.68. The molecule has 0 saturated heterocycles. The maximum atomic E-state index is 5.87. The molecule has 2 aliphatic carbocycles. The predicted molar refractivity (Wildman–Crippen MR) is 72.2 cm³/mol. The molecule has 2 heteroatoms. The predicted octanol–water partition coefficient (Wildman–Crippen LogP) is 3.36. The van der Waals surface area contributed by atoms with Crippen LogP contribution in [0.3, 0.4) is 0 Å². The van der Waals surface area contributed by atoms with Crippen molar-refractivity contribution in [2.24, 2.45) is 11.8 Å². The minimum absolute atomic E-state index is 0.454. The standard InChI is InChI=1S/C15H29NO/c1-3-16-14(11-12-9-10-12)15(17-2)13-7-5-4-6-8-13/h12-16H,3-11H2,1-2H3. The van der Waals surface area contributed by atoms with Gasteiger partial charge in [0.05, 0.1) is 6.10 Å². The molecular formula is C15H29NO. The Balaban J connectivity index is 1.90. The molecule has 2 atom stereocenters. The Labute approximate surface area is 107 Å². The fourth-order valence-electron chi connectivity index (χ4n) is 3.46. The van der Waals surface area contributed by atoms with Crippen molar-refractivity contribution in [1.29, 1.82) is 0 Å². The third-order valence-electron chi connectivity index (χ3n) is 4.53. The molecule has 2 nitrogen and oxygen atoms in total. The van der Waals surface area contributed by atoms with Crippen molar-refractivity contribution >= 4 is 0 Å². The van der Waals surface area contributed by atoms with Gasteiger partial charge in [-0.2, -0.15) is 0 Å². The van der Waals surface area contributed by atoms with Crippen molar-refractivity contribution in [2.75, 3.05) is 13.7 Å². The fourth-order valence-corrected chi connectivity index (χ4v) is 3.46. The highest BCUT2D eigenvalue weighted by molar-refractivity contribution is 4.89. The van der Waals surface area contributed by atoms with Crippen molar-refractivity contribution < 1.29 is 4.74 Å². The molecule has 17 heavy (non-hydrogen) atoms. The van der Waals surface area contributed by atoms with Crippen LogP contribution in [0.4, 0.5) is 0 Å². The number of rotatable bonds is 7. The average Bonchev–Trinajstić information content (AvgIpc) is 3.16. The van der Waals surface area contributed by atoms with Gasteiger partial charge in [-0.1, -0.05) is 39.0 Å². The number of hydrogen-bond donors (Lipinski definition) is 1. The maximum Gasteiger partial charge on any atom is 0.0752 e. The van der Waals surface area contributed by atoms with Crippen LogP contribution in [-0.4, -0.2) is 25.8 Å². The summed E-state index contributed by atoms with van der Waals surface area (Å²) in [6, 6.07) is 0.598. The van der Waals surface area contributed by atoms with Gasteiger partial charge < -0.3 is 10.1 Å². The van der Waals surface area contributed by atoms with E-state index >= 15 is 0 Å². The van der Waals surface area contributed by atoms with Crippen LogP contribution in [0.5, 0.6) is 0 Å². The Bertz CT molecular complexity index is 209. The summed E-state index contributed by atoms with van der Waals surface area (Å²) >= 11 is 0. The first-order valence-electron chi connectivity index (χ1n) is 7.61. The fraction of sp³-hybridized carbons (Fsp3) is 1.00. The van der Waals surface area contributed by atoms with Crippen LogP contribution in [0.2, 0.25) is 0 Å². The highest BCUT2D eigenvalue weighted by Crippen LogP contribution is 2.37. The van der Waals surface area contributed by atoms with E-state index in [2.05, 4.69) is 12.2 Å². The molecule has 1 N–H and O–H groups in total. The van der Waals surface area contributed by atoms with Gasteiger partial charge >= 0.3 is 0 Å². The van der Waals surface area contributed by atoms with E-state index < -0.39 is 0 Å². The molecule has 0 heterocycles. The number of hydrogen-bond acceptors (Lipinski definition) is 2. The summed E-state index contributed by atoms with van der Waals surface area (Å²) in [6.07, 6.45) is 11.7. The Kier molecular flexibility index (Phi) is 5.30. The van der Waals surface area contributed by atoms with Crippen LogP contribution in [0.25, 0.3) is 0 Å². The normalized spacial score (nSPS) is 25.8. The zero-order chi connectivity index (χ0) is 12.1. The van der Waals surface area contributed by atoms with Crippen molar-refractivity contribution in [1.82, 2.24) is 5.32 Å². The Morgan fingerprint density at radius 1 is 1.12 bits per heavy atom. The van der Waals surface area contributed by atoms with Gasteiger partial charge in [0.2, 0.25) is 0 Å². The van der Waals surface area contributed by atoms with Gasteiger partial charge in [-0.3, -0.25) is 0 Å². The van der Waals surface area contributed by atoms with Crippen molar-refractivity contribution in [3.05, 3.63) is 0 Å². The highest BCUT2D eigenvalue weighted by atomic mass is 16.5. The Morgan fingerprint density at radius 2 is 1.82 bits per heavy atom. The molecular weight excluding hydrogens is 210 g/mol. The Hall–Kier alpha value is -0.0800. The summed E-state index contributed by atoms with van der Waals surface area (Å²) in [4.78, 5) is 0. The second kappa shape index (κ2) is 6.75. The monoisotopic (exact) mass is 239 g/mol. The molecule has 0 aromatic carbocycles. The summed E-state index contributed by atoms with van der Waals surface area (Å²) in [6.45, 7) is 3.29. The molecule has 0 aromatic rings. The molecule has 0 radical (unpaired) electrons.